The zero-order chi connectivity index (χ0) is 15.0. The predicted octanol–water partition coefficient (Wildman–Crippen LogP) is 3.97. The van der Waals surface area contributed by atoms with Gasteiger partial charge in [0.15, 0.2) is 0 Å². The number of nitrogen functional groups attached to an aromatic ring is 1. The van der Waals surface area contributed by atoms with E-state index >= 15 is 0 Å². The first-order valence-electron chi connectivity index (χ1n) is 6.60. The lowest BCUT2D eigenvalue weighted by atomic mass is 10.1. The van der Waals surface area contributed by atoms with Gasteiger partial charge in [-0.25, -0.2) is 8.78 Å². The van der Waals surface area contributed by atoms with E-state index in [4.69, 9.17) is 11.0 Å². The summed E-state index contributed by atoms with van der Waals surface area (Å²) in [6.07, 6.45) is 2.10. The van der Waals surface area contributed by atoms with Crippen molar-refractivity contribution in [3.05, 3.63) is 45.8 Å². The van der Waals surface area contributed by atoms with Crippen LogP contribution in [0.1, 0.15) is 34.8 Å². The lowest BCUT2D eigenvalue weighted by molar-refractivity contribution is 0.587. The number of halogens is 2. The van der Waals surface area contributed by atoms with E-state index in [9.17, 15) is 8.78 Å². The molecule has 1 aliphatic carbocycles. The highest BCUT2D eigenvalue weighted by atomic mass is 32.1. The molecule has 1 saturated carbocycles. The van der Waals surface area contributed by atoms with Crippen LogP contribution in [0.25, 0.3) is 0 Å². The molecule has 1 aromatic heterocycles. The molecule has 0 spiro atoms. The van der Waals surface area contributed by atoms with Crippen molar-refractivity contribution >= 4 is 22.0 Å². The number of nitrogens with zero attached hydrogens (tertiary/aromatic N) is 1. The Balaban J connectivity index is 1.85. The largest absolute Gasteiger partial charge is 0.397 e. The molecule has 6 heteroatoms. The molecule has 3 N–H and O–H groups in total. The molecule has 0 atom stereocenters. The van der Waals surface area contributed by atoms with E-state index < -0.39 is 11.6 Å². The number of hydrogen-bond acceptors (Lipinski definition) is 4. The van der Waals surface area contributed by atoms with Gasteiger partial charge in [0.25, 0.3) is 0 Å². The van der Waals surface area contributed by atoms with Crippen molar-refractivity contribution in [2.45, 2.75) is 25.3 Å². The van der Waals surface area contributed by atoms with Gasteiger partial charge in [-0.3, -0.25) is 0 Å². The molecule has 3 rings (SSSR count). The van der Waals surface area contributed by atoms with Gasteiger partial charge in [-0.2, -0.15) is 5.26 Å². The predicted molar refractivity (Wildman–Crippen MR) is 79.1 cm³/mol. The average molecular weight is 305 g/mol. The molecule has 2 aromatic rings. The molecule has 0 unspecified atom stereocenters. The third kappa shape index (κ3) is 2.69. The third-order valence-corrected chi connectivity index (χ3v) is 4.60. The quantitative estimate of drug-likeness (QED) is 0.898. The maximum absolute atomic E-state index is 13.6. The fourth-order valence-electron chi connectivity index (χ4n) is 2.30. The lowest BCUT2D eigenvalue weighted by Gasteiger charge is -2.08. The van der Waals surface area contributed by atoms with Crippen LogP contribution in [-0.2, 0) is 6.54 Å². The topological polar surface area (TPSA) is 61.8 Å². The molecule has 0 amide bonds. The van der Waals surface area contributed by atoms with Gasteiger partial charge in [-0.15, -0.1) is 11.3 Å². The Hall–Kier alpha value is -2.13. The first-order chi connectivity index (χ1) is 10.1. The Morgan fingerprint density at radius 2 is 2.14 bits per heavy atom. The molecule has 1 fully saturated rings. The minimum Gasteiger partial charge on any atom is -0.397 e. The number of rotatable bonds is 4. The van der Waals surface area contributed by atoms with Gasteiger partial charge in [0.2, 0.25) is 0 Å². The van der Waals surface area contributed by atoms with E-state index in [0.29, 0.717) is 16.5 Å². The Morgan fingerprint density at radius 3 is 2.81 bits per heavy atom. The average Bonchev–Trinajstić information content (AvgIpc) is 3.24. The third-order valence-electron chi connectivity index (χ3n) is 3.52. The smallest absolute Gasteiger partial charge is 0.130 e. The van der Waals surface area contributed by atoms with Crippen LogP contribution >= 0.6 is 11.3 Å². The van der Waals surface area contributed by atoms with Gasteiger partial charge in [0.05, 0.1) is 10.7 Å². The molecule has 1 aromatic carbocycles. The summed E-state index contributed by atoms with van der Waals surface area (Å²) in [5.41, 5.74) is 7.72. The number of anilines is 2. The molecule has 21 heavy (non-hydrogen) atoms. The lowest BCUT2D eigenvalue weighted by Crippen LogP contribution is -2.03. The van der Waals surface area contributed by atoms with Crippen molar-refractivity contribution in [1.82, 2.24) is 0 Å². The van der Waals surface area contributed by atoms with Crippen LogP contribution in [0.5, 0.6) is 0 Å². The fraction of sp³-hybridized carbons (Fsp3) is 0.267. The Labute approximate surface area is 125 Å². The monoisotopic (exact) mass is 305 g/mol. The van der Waals surface area contributed by atoms with Crippen LogP contribution in [-0.4, -0.2) is 0 Å². The first-order valence-corrected chi connectivity index (χ1v) is 7.42. The zero-order valence-electron chi connectivity index (χ0n) is 11.1. The highest BCUT2D eigenvalue weighted by Crippen LogP contribution is 2.50. The van der Waals surface area contributed by atoms with Gasteiger partial charge in [0, 0.05) is 17.7 Å². The van der Waals surface area contributed by atoms with Crippen molar-refractivity contribution in [2.75, 3.05) is 11.1 Å². The Morgan fingerprint density at radius 1 is 1.38 bits per heavy atom. The van der Waals surface area contributed by atoms with Gasteiger partial charge in [-0.1, -0.05) is 0 Å². The molecule has 0 radical (unpaired) electrons. The van der Waals surface area contributed by atoms with E-state index in [2.05, 4.69) is 11.4 Å². The molecule has 108 valence electrons. The Bertz CT molecular complexity index is 729. The minimum absolute atomic E-state index is 0.161. The van der Waals surface area contributed by atoms with Crippen molar-refractivity contribution in [1.29, 1.82) is 5.26 Å². The summed E-state index contributed by atoms with van der Waals surface area (Å²) >= 11 is 1.27. The molecule has 3 nitrogen and oxygen atoms in total. The number of nitrogens with one attached hydrogen (secondary N) is 1. The second-order valence-electron chi connectivity index (χ2n) is 5.06. The van der Waals surface area contributed by atoms with Gasteiger partial charge < -0.3 is 11.1 Å². The molecule has 0 saturated heterocycles. The van der Waals surface area contributed by atoms with Crippen LogP contribution in [0, 0.1) is 23.0 Å². The zero-order valence-corrected chi connectivity index (χ0v) is 11.9. The summed E-state index contributed by atoms with van der Waals surface area (Å²) in [6, 6.07) is 5.44. The molecule has 0 aliphatic heterocycles. The standard InChI is InChI=1S/C15H13F2N3S/c16-10-3-4-11(17)9(5-10)7-20-15-13(8-1-2-8)14(19)12(6-18)21-15/h3-5,8,20H,1-2,7,19H2. The summed E-state index contributed by atoms with van der Waals surface area (Å²) < 4.78 is 26.8. The summed E-state index contributed by atoms with van der Waals surface area (Å²) in [7, 11) is 0. The van der Waals surface area contributed by atoms with Gasteiger partial charge in [-0.05, 0) is 37.0 Å². The molecule has 0 bridgehead atoms. The fourth-order valence-corrected chi connectivity index (χ4v) is 3.30. The van der Waals surface area contributed by atoms with Crippen molar-refractivity contribution in [2.24, 2.45) is 0 Å². The summed E-state index contributed by atoms with van der Waals surface area (Å²) in [4.78, 5) is 0.471. The first kappa shape index (κ1) is 13.8. The van der Waals surface area contributed by atoms with E-state index in [1.54, 1.807) is 0 Å². The minimum atomic E-state index is -0.473. The molecule has 1 aliphatic rings. The number of nitrogens with two attached hydrogens (primary N) is 1. The normalized spacial score (nSPS) is 14.0. The van der Waals surface area contributed by atoms with Crippen molar-refractivity contribution in [3.63, 3.8) is 0 Å². The molecule has 1 heterocycles. The summed E-state index contributed by atoms with van der Waals surface area (Å²) in [5, 5.41) is 12.9. The van der Waals surface area contributed by atoms with E-state index in [1.807, 2.05) is 0 Å². The molecular formula is C15H13F2N3S. The van der Waals surface area contributed by atoms with E-state index in [1.165, 1.54) is 17.4 Å². The van der Waals surface area contributed by atoms with Crippen LogP contribution in [0.4, 0.5) is 19.5 Å². The highest BCUT2D eigenvalue weighted by molar-refractivity contribution is 7.17. The van der Waals surface area contributed by atoms with Crippen LogP contribution in [0.15, 0.2) is 18.2 Å². The van der Waals surface area contributed by atoms with Crippen LogP contribution in [0.3, 0.4) is 0 Å². The van der Waals surface area contributed by atoms with Gasteiger partial charge in [0.1, 0.15) is 22.6 Å². The van der Waals surface area contributed by atoms with E-state index in [-0.39, 0.29) is 12.1 Å². The maximum Gasteiger partial charge on any atom is 0.130 e. The SMILES string of the molecule is N#Cc1sc(NCc2cc(F)ccc2F)c(C2CC2)c1N. The highest BCUT2D eigenvalue weighted by Gasteiger charge is 2.31. The summed E-state index contributed by atoms with van der Waals surface area (Å²) in [6.45, 7) is 0.161. The van der Waals surface area contributed by atoms with Crippen LogP contribution < -0.4 is 11.1 Å². The van der Waals surface area contributed by atoms with E-state index in [0.717, 1.165) is 35.5 Å². The van der Waals surface area contributed by atoms with Crippen molar-refractivity contribution in [3.8, 4) is 6.07 Å². The number of benzene rings is 1. The van der Waals surface area contributed by atoms with Crippen molar-refractivity contribution < 1.29 is 8.78 Å². The Kier molecular flexibility index (Phi) is 3.52. The number of thiophene rings is 1. The summed E-state index contributed by atoms with van der Waals surface area (Å²) in [5.74, 6) is -0.552. The second kappa shape index (κ2) is 5.34. The number of nitriles is 1. The van der Waals surface area contributed by atoms with Gasteiger partial charge >= 0.3 is 0 Å². The number of hydrogen-bond donors (Lipinski definition) is 2. The van der Waals surface area contributed by atoms with Crippen LogP contribution in [0.2, 0.25) is 0 Å². The molecular weight excluding hydrogens is 292 g/mol. The second-order valence-corrected chi connectivity index (χ2v) is 6.08. The maximum atomic E-state index is 13.6.